The largest absolute Gasteiger partial charge is 0.297 e. The van der Waals surface area contributed by atoms with Crippen molar-refractivity contribution in [2.24, 2.45) is 0 Å². The maximum Gasteiger partial charge on any atom is 0.194 e. The highest BCUT2D eigenvalue weighted by Gasteiger charge is 2.10. The van der Waals surface area contributed by atoms with E-state index in [2.05, 4.69) is 44.9 Å². The molecule has 0 aliphatic carbocycles. The Kier molecular flexibility index (Phi) is 4.39. The van der Waals surface area contributed by atoms with E-state index in [9.17, 15) is 0 Å². The Bertz CT molecular complexity index is 990. The van der Waals surface area contributed by atoms with Gasteiger partial charge in [-0.15, -0.1) is 11.3 Å². The van der Waals surface area contributed by atoms with Crippen LogP contribution >= 0.6 is 50.5 Å². The minimum atomic E-state index is 0.656. The first-order valence-corrected chi connectivity index (χ1v) is 9.62. The zero-order valence-corrected chi connectivity index (χ0v) is 16.3. The minimum absolute atomic E-state index is 0.656. The lowest BCUT2D eigenvalue weighted by Crippen LogP contribution is -1.86. The summed E-state index contributed by atoms with van der Waals surface area (Å²) < 4.78 is 3.13. The highest BCUT2D eigenvalue weighted by molar-refractivity contribution is 9.10. The normalized spacial score (nSPS) is 11.3. The second kappa shape index (κ2) is 6.52. The van der Waals surface area contributed by atoms with Crippen molar-refractivity contribution in [2.75, 3.05) is 0 Å². The van der Waals surface area contributed by atoms with Crippen LogP contribution in [0.1, 0.15) is 10.4 Å². The number of thiazole rings is 1. The average Bonchev–Trinajstić information content (AvgIpc) is 3.09. The number of nitrogens with zero attached hydrogens (tertiary/aromatic N) is 2. The lowest BCUT2D eigenvalue weighted by atomic mass is 10.1. The molecule has 0 aliphatic rings. The zero-order chi connectivity index (χ0) is 16.7. The van der Waals surface area contributed by atoms with Crippen molar-refractivity contribution in [3.05, 3.63) is 79.8 Å². The third-order valence-corrected chi connectivity index (χ3v) is 5.84. The number of imidazole rings is 1. The molecule has 2 heterocycles. The summed E-state index contributed by atoms with van der Waals surface area (Å²) in [7, 11) is 0. The predicted molar refractivity (Wildman–Crippen MR) is 105 cm³/mol. The molecular weight excluding hydrogens is 427 g/mol. The van der Waals surface area contributed by atoms with E-state index in [0.29, 0.717) is 10.0 Å². The SMILES string of the molecule is Clc1ccc(Cc2cn3cc(-c4ccc(Br)cc4)nc3s2)c(Cl)c1. The molecule has 4 rings (SSSR count). The van der Waals surface area contributed by atoms with Crippen molar-refractivity contribution < 1.29 is 0 Å². The number of halogens is 3. The van der Waals surface area contributed by atoms with Gasteiger partial charge in [0, 0.05) is 43.8 Å². The first-order chi connectivity index (χ1) is 11.6. The molecule has 0 saturated carbocycles. The number of rotatable bonds is 3. The number of aromatic nitrogens is 2. The number of hydrogen-bond acceptors (Lipinski definition) is 2. The molecule has 2 aromatic heterocycles. The summed E-state index contributed by atoms with van der Waals surface area (Å²) in [6.07, 6.45) is 4.94. The maximum atomic E-state index is 6.26. The molecule has 0 aliphatic heterocycles. The van der Waals surface area contributed by atoms with Crippen molar-refractivity contribution in [2.45, 2.75) is 6.42 Å². The van der Waals surface area contributed by atoms with Gasteiger partial charge in [-0.2, -0.15) is 0 Å². The molecule has 2 nitrogen and oxygen atoms in total. The monoisotopic (exact) mass is 436 g/mol. The number of benzene rings is 2. The topological polar surface area (TPSA) is 17.3 Å². The summed E-state index contributed by atoms with van der Waals surface area (Å²) in [5.41, 5.74) is 3.15. The molecule has 4 aromatic rings. The second-order valence-electron chi connectivity index (χ2n) is 5.43. The minimum Gasteiger partial charge on any atom is -0.297 e. The third kappa shape index (κ3) is 3.24. The molecule has 2 aromatic carbocycles. The van der Waals surface area contributed by atoms with Crippen molar-refractivity contribution >= 4 is 55.4 Å². The van der Waals surface area contributed by atoms with E-state index in [1.807, 2.05) is 24.3 Å². The Labute approximate surface area is 161 Å². The van der Waals surface area contributed by atoms with Gasteiger partial charge < -0.3 is 0 Å². The van der Waals surface area contributed by atoms with Crippen LogP contribution in [-0.2, 0) is 6.42 Å². The smallest absolute Gasteiger partial charge is 0.194 e. The third-order valence-electron chi connectivity index (χ3n) is 3.72. The van der Waals surface area contributed by atoms with E-state index in [1.54, 1.807) is 17.4 Å². The van der Waals surface area contributed by atoms with Crippen LogP contribution < -0.4 is 0 Å². The summed E-state index contributed by atoms with van der Waals surface area (Å²) in [6, 6.07) is 13.8. The van der Waals surface area contributed by atoms with Crippen LogP contribution in [0.15, 0.2) is 59.3 Å². The van der Waals surface area contributed by atoms with E-state index in [1.165, 1.54) is 4.88 Å². The van der Waals surface area contributed by atoms with Gasteiger partial charge in [-0.3, -0.25) is 4.40 Å². The van der Waals surface area contributed by atoms with Gasteiger partial charge in [-0.25, -0.2) is 4.98 Å². The van der Waals surface area contributed by atoms with E-state index in [0.717, 1.165) is 32.7 Å². The van der Waals surface area contributed by atoms with Crippen molar-refractivity contribution in [1.82, 2.24) is 9.38 Å². The lowest BCUT2D eigenvalue weighted by molar-refractivity contribution is 1.16. The summed E-state index contributed by atoms with van der Waals surface area (Å²) in [5, 5.41) is 1.35. The van der Waals surface area contributed by atoms with Crippen LogP contribution in [0.3, 0.4) is 0 Å². The fourth-order valence-electron chi connectivity index (χ4n) is 2.54. The van der Waals surface area contributed by atoms with Crippen LogP contribution in [0.2, 0.25) is 10.0 Å². The summed E-state index contributed by atoms with van der Waals surface area (Å²) in [4.78, 5) is 6.92. The zero-order valence-electron chi connectivity index (χ0n) is 12.3. The fourth-order valence-corrected chi connectivity index (χ4v) is 4.26. The Morgan fingerprint density at radius 3 is 2.54 bits per heavy atom. The molecular formula is C18H11BrCl2N2S. The molecule has 0 bridgehead atoms. The number of fused-ring (bicyclic) bond motifs is 1. The summed E-state index contributed by atoms with van der Waals surface area (Å²) in [6.45, 7) is 0. The van der Waals surface area contributed by atoms with Crippen LogP contribution in [0.5, 0.6) is 0 Å². The molecule has 0 amide bonds. The molecule has 120 valence electrons. The maximum absolute atomic E-state index is 6.26. The van der Waals surface area contributed by atoms with Gasteiger partial charge >= 0.3 is 0 Å². The molecule has 0 saturated heterocycles. The summed E-state index contributed by atoms with van der Waals surface area (Å²) in [5.74, 6) is 0. The molecule has 0 fully saturated rings. The Morgan fingerprint density at radius 1 is 1.04 bits per heavy atom. The van der Waals surface area contributed by atoms with Gasteiger partial charge in [0.2, 0.25) is 0 Å². The first kappa shape index (κ1) is 16.2. The average molecular weight is 438 g/mol. The fraction of sp³-hybridized carbons (Fsp3) is 0.0556. The van der Waals surface area contributed by atoms with Crippen LogP contribution in [-0.4, -0.2) is 9.38 Å². The van der Waals surface area contributed by atoms with Gasteiger partial charge in [-0.05, 0) is 29.8 Å². The van der Waals surface area contributed by atoms with Gasteiger partial charge in [0.1, 0.15) is 0 Å². The standard InChI is InChI=1S/C18H11BrCl2N2S/c19-13-4-1-11(2-5-13)17-10-23-9-15(24-18(23)22-17)7-12-3-6-14(20)8-16(12)21/h1-6,8-10H,7H2. The molecule has 0 N–H and O–H groups in total. The van der Waals surface area contributed by atoms with Crippen LogP contribution in [0.4, 0.5) is 0 Å². The Balaban J connectivity index is 1.62. The molecule has 0 atom stereocenters. The Morgan fingerprint density at radius 2 is 1.83 bits per heavy atom. The van der Waals surface area contributed by atoms with Gasteiger partial charge in [0.05, 0.1) is 5.69 Å². The van der Waals surface area contributed by atoms with Crippen molar-refractivity contribution in [1.29, 1.82) is 0 Å². The second-order valence-corrected chi connectivity index (χ2v) is 8.29. The van der Waals surface area contributed by atoms with Crippen LogP contribution in [0.25, 0.3) is 16.2 Å². The highest BCUT2D eigenvalue weighted by atomic mass is 79.9. The predicted octanol–water partition coefficient (Wildman–Crippen LogP) is 6.72. The van der Waals surface area contributed by atoms with Gasteiger partial charge in [0.25, 0.3) is 0 Å². The molecule has 0 unspecified atom stereocenters. The molecule has 6 heteroatoms. The summed E-state index contributed by atoms with van der Waals surface area (Å²) >= 11 is 17.3. The molecule has 0 radical (unpaired) electrons. The van der Waals surface area contributed by atoms with Crippen molar-refractivity contribution in [3.8, 4) is 11.3 Å². The quantitative estimate of drug-likeness (QED) is 0.347. The van der Waals surface area contributed by atoms with Gasteiger partial charge in [-0.1, -0.05) is 57.3 Å². The first-order valence-electron chi connectivity index (χ1n) is 7.26. The Hall–Kier alpha value is -1.33. The molecule has 0 spiro atoms. The van der Waals surface area contributed by atoms with E-state index in [-0.39, 0.29) is 0 Å². The molecule has 24 heavy (non-hydrogen) atoms. The van der Waals surface area contributed by atoms with E-state index < -0.39 is 0 Å². The van der Waals surface area contributed by atoms with E-state index in [4.69, 9.17) is 28.2 Å². The highest BCUT2D eigenvalue weighted by Crippen LogP contribution is 2.28. The van der Waals surface area contributed by atoms with Gasteiger partial charge in [0.15, 0.2) is 4.96 Å². The number of hydrogen-bond donors (Lipinski definition) is 0. The lowest BCUT2D eigenvalue weighted by Gasteiger charge is -2.02. The van der Waals surface area contributed by atoms with Crippen LogP contribution in [0, 0.1) is 0 Å². The van der Waals surface area contributed by atoms with E-state index >= 15 is 0 Å². The van der Waals surface area contributed by atoms with Crippen molar-refractivity contribution in [3.63, 3.8) is 0 Å².